The highest BCUT2D eigenvalue weighted by molar-refractivity contribution is 7.14. The highest BCUT2D eigenvalue weighted by Crippen LogP contribution is 2.34. The van der Waals surface area contributed by atoms with Crippen LogP contribution < -0.4 is 20.3 Å². The van der Waals surface area contributed by atoms with Crippen LogP contribution in [0.4, 0.5) is 10.9 Å². The molecule has 0 atom stereocenters. The highest BCUT2D eigenvalue weighted by atomic mass is 32.1. The van der Waals surface area contributed by atoms with Gasteiger partial charge in [-0.1, -0.05) is 26.0 Å². The summed E-state index contributed by atoms with van der Waals surface area (Å²) in [6.45, 7) is 7.82. The van der Waals surface area contributed by atoms with Gasteiger partial charge in [-0.2, -0.15) is 0 Å². The third-order valence-electron chi connectivity index (χ3n) is 5.49. The van der Waals surface area contributed by atoms with Gasteiger partial charge in [0.15, 0.2) is 5.13 Å². The van der Waals surface area contributed by atoms with Crippen molar-refractivity contribution in [1.82, 2.24) is 20.3 Å². The van der Waals surface area contributed by atoms with Gasteiger partial charge in [0.2, 0.25) is 0 Å². The van der Waals surface area contributed by atoms with Crippen LogP contribution in [-0.2, 0) is 5.41 Å². The first kappa shape index (κ1) is 21.2. The number of rotatable bonds is 6. The second kappa shape index (κ2) is 8.99. The third kappa shape index (κ3) is 4.67. The molecule has 0 spiro atoms. The van der Waals surface area contributed by atoms with Crippen molar-refractivity contribution < 1.29 is 9.53 Å². The van der Waals surface area contributed by atoms with E-state index in [-0.39, 0.29) is 17.0 Å². The molecule has 0 bridgehead atoms. The Labute approximate surface area is 185 Å². The van der Waals surface area contributed by atoms with Gasteiger partial charge in [0.25, 0.3) is 5.91 Å². The second-order valence-electron chi connectivity index (χ2n) is 7.84. The lowest BCUT2D eigenvalue weighted by atomic mass is 9.82. The zero-order valence-corrected chi connectivity index (χ0v) is 18.7. The number of methoxy groups -OCH3 is 1. The number of hydrogen-bond donors (Lipinski definition) is 2. The maximum atomic E-state index is 12.6. The monoisotopic (exact) mass is 438 g/mol. The molecule has 4 rings (SSSR count). The van der Waals surface area contributed by atoms with Crippen LogP contribution in [0.1, 0.15) is 35.6 Å². The van der Waals surface area contributed by atoms with Crippen LogP contribution in [-0.4, -0.2) is 54.1 Å². The lowest BCUT2D eigenvalue weighted by Gasteiger charge is -2.27. The number of piperazine rings is 1. The van der Waals surface area contributed by atoms with Crippen LogP contribution >= 0.6 is 11.3 Å². The van der Waals surface area contributed by atoms with E-state index in [1.807, 2.05) is 29.6 Å². The molecule has 3 heterocycles. The molecular formula is C22H26N6O2S. The van der Waals surface area contributed by atoms with E-state index in [2.05, 4.69) is 44.3 Å². The summed E-state index contributed by atoms with van der Waals surface area (Å²) >= 11 is 1.40. The summed E-state index contributed by atoms with van der Waals surface area (Å²) in [5.41, 5.74) is 1.96. The molecule has 9 heteroatoms. The van der Waals surface area contributed by atoms with E-state index < -0.39 is 0 Å². The van der Waals surface area contributed by atoms with Crippen LogP contribution in [0.2, 0.25) is 0 Å². The van der Waals surface area contributed by atoms with Gasteiger partial charge in [0, 0.05) is 37.0 Å². The molecule has 8 nitrogen and oxygen atoms in total. The predicted octanol–water partition coefficient (Wildman–Crippen LogP) is 2.93. The minimum Gasteiger partial charge on any atom is -0.497 e. The minimum atomic E-state index is -0.317. The van der Waals surface area contributed by atoms with Gasteiger partial charge < -0.3 is 15.0 Å². The molecule has 1 aliphatic heterocycles. The van der Waals surface area contributed by atoms with E-state index in [0.717, 1.165) is 49.0 Å². The average Bonchev–Trinajstić information content (AvgIpc) is 3.29. The number of aromatic nitrogens is 3. The number of benzene rings is 1. The Hall–Kier alpha value is -3.04. The number of anilines is 2. The third-order valence-corrected chi connectivity index (χ3v) is 6.25. The fraction of sp³-hybridized carbons (Fsp3) is 0.364. The molecule has 0 unspecified atom stereocenters. The fourth-order valence-electron chi connectivity index (χ4n) is 3.43. The molecule has 1 aliphatic rings. The van der Waals surface area contributed by atoms with Gasteiger partial charge in [-0.25, -0.2) is 15.0 Å². The Morgan fingerprint density at radius 2 is 1.90 bits per heavy atom. The van der Waals surface area contributed by atoms with Gasteiger partial charge in [0.05, 0.1) is 25.2 Å². The Morgan fingerprint density at radius 1 is 1.16 bits per heavy atom. The Bertz CT molecular complexity index is 1030. The molecule has 0 radical (unpaired) electrons. The number of nitrogens with zero attached hydrogens (tertiary/aromatic N) is 4. The first-order valence-electron chi connectivity index (χ1n) is 10.2. The van der Waals surface area contributed by atoms with Gasteiger partial charge in [-0.05, 0) is 17.7 Å². The zero-order valence-electron chi connectivity index (χ0n) is 17.9. The summed E-state index contributed by atoms with van der Waals surface area (Å²) in [5.74, 6) is 1.29. The maximum Gasteiger partial charge on any atom is 0.277 e. The van der Waals surface area contributed by atoms with E-state index in [1.165, 1.54) is 17.5 Å². The lowest BCUT2D eigenvalue weighted by molar-refractivity contribution is 0.102. The standard InChI is InChI=1S/C22H26N6O2S/c1-22(2,15-4-6-16(30-3)7-5-15)18-14-31-21(26-18)27-20(29)17-12-25-19(13-24-17)28-10-8-23-9-11-28/h4-7,12-14,23H,8-11H2,1-3H3,(H,26,27,29). The first-order valence-corrected chi connectivity index (χ1v) is 11.0. The van der Waals surface area contributed by atoms with Crippen molar-refractivity contribution in [1.29, 1.82) is 0 Å². The fourth-order valence-corrected chi connectivity index (χ4v) is 4.30. The number of carbonyl (C=O) groups excluding carboxylic acids is 1. The summed E-state index contributed by atoms with van der Waals surface area (Å²) in [4.78, 5) is 28.1. The maximum absolute atomic E-state index is 12.6. The number of amides is 1. The van der Waals surface area contributed by atoms with Crippen LogP contribution in [0.15, 0.2) is 42.0 Å². The molecule has 2 N–H and O–H groups in total. The Morgan fingerprint density at radius 3 is 2.55 bits per heavy atom. The van der Waals surface area contributed by atoms with Crippen molar-refractivity contribution in [3.8, 4) is 5.75 Å². The molecule has 0 saturated carbocycles. The van der Waals surface area contributed by atoms with E-state index in [4.69, 9.17) is 4.74 Å². The second-order valence-corrected chi connectivity index (χ2v) is 8.70. The molecule has 162 valence electrons. The summed E-state index contributed by atoms with van der Waals surface area (Å²) in [6.07, 6.45) is 3.17. The summed E-state index contributed by atoms with van der Waals surface area (Å²) in [5, 5.41) is 8.65. The van der Waals surface area contributed by atoms with Crippen molar-refractivity contribution in [3.63, 3.8) is 0 Å². The SMILES string of the molecule is COc1ccc(C(C)(C)c2csc(NC(=O)c3cnc(N4CCNCC4)cn3)n2)cc1. The predicted molar refractivity (Wildman–Crippen MR) is 122 cm³/mol. The number of carbonyl (C=O) groups is 1. The molecule has 1 amide bonds. The summed E-state index contributed by atoms with van der Waals surface area (Å²) in [7, 11) is 1.65. The van der Waals surface area contributed by atoms with E-state index in [0.29, 0.717) is 5.13 Å². The Kier molecular flexibility index (Phi) is 6.15. The van der Waals surface area contributed by atoms with Crippen LogP contribution in [0, 0.1) is 0 Å². The largest absolute Gasteiger partial charge is 0.497 e. The van der Waals surface area contributed by atoms with Gasteiger partial charge >= 0.3 is 0 Å². The molecule has 1 fully saturated rings. The van der Waals surface area contributed by atoms with Crippen molar-refractivity contribution in [2.75, 3.05) is 43.5 Å². The smallest absolute Gasteiger partial charge is 0.277 e. The first-order chi connectivity index (χ1) is 15.0. The number of hydrogen-bond acceptors (Lipinski definition) is 8. The summed E-state index contributed by atoms with van der Waals surface area (Å²) in [6, 6.07) is 7.95. The van der Waals surface area contributed by atoms with E-state index >= 15 is 0 Å². The van der Waals surface area contributed by atoms with Crippen LogP contribution in [0.3, 0.4) is 0 Å². The minimum absolute atomic E-state index is 0.269. The van der Waals surface area contributed by atoms with E-state index in [1.54, 1.807) is 13.3 Å². The number of thiazole rings is 1. The summed E-state index contributed by atoms with van der Waals surface area (Å²) < 4.78 is 5.24. The lowest BCUT2D eigenvalue weighted by Crippen LogP contribution is -2.44. The average molecular weight is 439 g/mol. The molecule has 2 aromatic heterocycles. The Balaban J connectivity index is 1.43. The van der Waals surface area contributed by atoms with E-state index in [9.17, 15) is 4.79 Å². The molecule has 31 heavy (non-hydrogen) atoms. The van der Waals surface area contributed by atoms with Crippen molar-refractivity contribution in [3.05, 3.63) is 59.0 Å². The van der Waals surface area contributed by atoms with Crippen molar-refractivity contribution >= 4 is 28.2 Å². The van der Waals surface area contributed by atoms with Crippen molar-refractivity contribution in [2.24, 2.45) is 0 Å². The van der Waals surface area contributed by atoms with Gasteiger partial charge in [0.1, 0.15) is 17.3 Å². The topological polar surface area (TPSA) is 92.3 Å². The zero-order chi connectivity index (χ0) is 21.8. The molecule has 1 aromatic carbocycles. The van der Waals surface area contributed by atoms with Crippen molar-refractivity contribution in [2.45, 2.75) is 19.3 Å². The normalized spacial score (nSPS) is 14.4. The highest BCUT2D eigenvalue weighted by Gasteiger charge is 2.26. The van der Waals surface area contributed by atoms with Gasteiger partial charge in [-0.15, -0.1) is 11.3 Å². The molecular weight excluding hydrogens is 412 g/mol. The van der Waals surface area contributed by atoms with Crippen LogP contribution in [0.5, 0.6) is 5.75 Å². The molecule has 1 saturated heterocycles. The van der Waals surface area contributed by atoms with Gasteiger partial charge in [-0.3, -0.25) is 10.1 Å². The quantitative estimate of drug-likeness (QED) is 0.611. The molecule has 3 aromatic rings. The number of ether oxygens (including phenoxy) is 1. The van der Waals surface area contributed by atoms with Crippen LogP contribution in [0.25, 0.3) is 0 Å². The number of nitrogens with one attached hydrogen (secondary N) is 2. The molecule has 0 aliphatic carbocycles.